The summed E-state index contributed by atoms with van der Waals surface area (Å²) < 4.78 is 5.32. The Morgan fingerprint density at radius 2 is 2.52 bits per heavy atom. The number of nitrogens with zero attached hydrogens (tertiary/aromatic N) is 2. The largest absolute Gasteiger partial charge is 0.462 e. The van der Waals surface area contributed by atoms with Crippen LogP contribution in [0, 0.1) is 5.92 Å². The van der Waals surface area contributed by atoms with Crippen LogP contribution in [0.3, 0.4) is 0 Å². The molecule has 3 rings (SSSR count). The number of amides is 1. The number of rotatable bonds is 4. The van der Waals surface area contributed by atoms with Gasteiger partial charge in [-0.3, -0.25) is 4.79 Å². The van der Waals surface area contributed by atoms with E-state index in [0.29, 0.717) is 16.6 Å². The van der Waals surface area contributed by atoms with E-state index in [1.807, 2.05) is 24.1 Å². The number of aromatic nitrogens is 1. The van der Waals surface area contributed by atoms with Gasteiger partial charge in [-0.05, 0) is 44.5 Å². The molecule has 0 aliphatic carbocycles. The smallest absolute Gasteiger partial charge is 0.265 e. The van der Waals surface area contributed by atoms with Gasteiger partial charge in [-0.15, -0.1) is 11.3 Å². The fourth-order valence-corrected chi connectivity index (χ4v) is 3.60. The van der Waals surface area contributed by atoms with Gasteiger partial charge in [-0.1, -0.05) is 0 Å². The average Bonchev–Trinajstić information content (AvgIpc) is 3.18. The van der Waals surface area contributed by atoms with E-state index >= 15 is 0 Å². The van der Waals surface area contributed by atoms with Gasteiger partial charge in [0, 0.05) is 13.1 Å². The van der Waals surface area contributed by atoms with Gasteiger partial charge in [0.05, 0.1) is 12.5 Å². The second kappa shape index (κ2) is 6.41. The first-order chi connectivity index (χ1) is 10.3. The highest BCUT2D eigenvalue weighted by Gasteiger charge is 2.25. The molecule has 1 saturated heterocycles. The first kappa shape index (κ1) is 14.3. The summed E-state index contributed by atoms with van der Waals surface area (Å²) in [6.45, 7) is 2.63. The average molecular weight is 305 g/mol. The van der Waals surface area contributed by atoms with E-state index in [1.54, 1.807) is 12.5 Å². The van der Waals surface area contributed by atoms with E-state index < -0.39 is 0 Å². The van der Waals surface area contributed by atoms with Crippen LogP contribution < -0.4 is 5.32 Å². The van der Waals surface area contributed by atoms with Gasteiger partial charge >= 0.3 is 0 Å². The zero-order valence-corrected chi connectivity index (χ0v) is 12.9. The highest BCUT2D eigenvalue weighted by Crippen LogP contribution is 2.27. The van der Waals surface area contributed by atoms with Crippen LogP contribution in [0.2, 0.25) is 0 Å². The summed E-state index contributed by atoms with van der Waals surface area (Å²) in [4.78, 5) is 19.5. The molecule has 1 unspecified atom stereocenters. The van der Waals surface area contributed by atoms with E-state index in [2.05, 4.69) is 10.3 Å². The Hall–Kier alpha value is -1.66. The van der Waals surface area contributed by atoms with Gasteiger partial charge in [0.1, 0.15) is 4.88 Å². The second-order valence-corrected chi connectivity index (χ2v) is 6.35. The molecule has 3 heterocycles. The van der Waals surface area contributed by atoms with E-state index in [0.717, 1.165) is 31.1 Å². The van der Waals surface area contributed by atoms with Crippen LogP contribution >= 0.6 is 11.3 Å². The van der Waals surface area contributed by atoms with Crippen molar-refractivity contribution in [2.75, 3.05) is 26.7 Å². The lowest BCUT2D eigenvalue weighted by Gasteiger charge is -2.32. The Labute approximate surface area is 128 Å². The summed E-state index contributed by atoms with van der Waals surface area (Å²) in [5.41, 5.74) is 0. The van der Waals surface area contributed by atoms with Gasteiger partial charge in [0.2, 0.25) is 0 Å². The van der Waals surface area contributed by atoms with Crippen molar-refractivity contribution >= 4 is 17.2 Å². The molecule has 2 aromatic heterocycles. The molecule has 6 heteroatoms. The summed E-state index contributed by atoms with van der Waals surface area (Å²) >= 11 is 1.40. The van der Waals surface area contributed by atoms with E-state index in [-0.39, 0.29) is 5.91 Å². The number of thiazole rings is 1. The van der Waals surface area contributed by atoms with Gasteiger partial charge in [0.25, 0.3) is 5.91 Å². The standard InChI is InChI=1S/C15H19N3O2S/c1-16-8-11-4-2-6-18(10-11)15(19)13-9-17-14(21-13)12-5-3-7-20-12/h3,5,7,9,11,16H,2,4,6,8,10H2,1H3. The minimum absolute atomic E-state index is 0.0890. The summed E-state index contributed by atoms with van der Waals surface area (Å²) in [5, 5.41) is 3.96. The number of nitrogens with one attached hydrogen (secondary N) is 1. The molecule has 2 aromatic rings. The van der Waals surface area contributed by atoms with Crippen LogP contribution in [0.5, 0.6) is 0 Å². The molecule has 0 aromatic carbocycles. The van der Waals surface area contributed by atoms with Crippen molar-refractivity contribution in [1.29, 1.82) is 0 Å². The third-order valence-electron chi connectivity index (χ3n) is 3.75. The van der Waals surface area contributed by atoms with Crippen LogP contribution in [0.4, 0.5) is 0 Å². The summed E-state index contributed by atoms with van der Waals surface area (Å²) in [5.74, 6) is 1.35. The van der Waals surface area contributed by atoms with E-state index in [1.165, 1.54) is 17.8 Å². The lowest BCUT2D eigenvalue weighted by atomic mass is 9.98. The minimum atomic E-state index is 0.0890. The van der Waals surface area contributed by atoms with Gasteiger partial charge in [-0.25, -0.2) is 4.98 Å². The number of hydrogen-bond donors (Lipinski definition) is 1. The number of carbonyl (C=O) groups is 1. The molecular formula is C15H19N3O2S. The Morgan fingerprint density at radius 3 is 3.29 bits per heavy atom. The zero-order chi connectivity index (χ0) is 14.7. The minimum Gasteiger partial charge on any atom is -0.462 e. The third kappa shape index (κ3) is 3.16. The van der Waals surface area contributed by atoms with Crippen LogP contribution in [-0.2, 0) is 0 Å². The molecule has 0 saturated carbocycles. The maximum Gasteiger partial charge on any atom is 0.265 e. The van der Waals surface area contributed by atoms with Gasteiger partial charge in [-0.2, -0.15) is 0 Å². The molecular weight excluding hydrogens is 286 g/mol. The van der Waals surface area contributed by atoms with Gasteiger partial charge in [0.15, 0.2) is 10.8 Å². The molecule has 1 atom stereocenters. The van der Waals surface area contributed by atoms with E-state index in [4.69, 9.17) is 4.42 Å². The van der Waals surface area contributed by atoms with Crippen LogP contribution in [0.15, 0.2) is 29.0 Å². The number of carbonyl (C=O) groups excluding carboxylic acids is 1. The summed E-state index contributed by atoms with van der Waals surface area (Å²) in [6.07, 6.45) is 5.53. The monoisotopic (exact) mass is 305 g/mol. The van der Waals surface area contributed by atoms with Crippen molar-refractivity contribution in [2.24, 2.45) is 5.92 Å². The lowest BCUT2D eigenvalue weighted by molar-refractivity contribution is 0.0679. The normalized spacial score (nSPS) is 18.9. The molecule has 1 aliphatic rings. The molecule has 21 heavy (non-hydrogen) atoms. The molecule has 1 fully saturated rings. The van der Waals surface area contributed by atoms with Crippen LogP contribution in [0.25, 0.3) is 10.8 Å². The SMILES string of the molecule is CNCC1CCCN(C(=O)c2cnc(-c3ccco3)s2)C1. The molecule has 1 amide bonds. The zero-order valence-electron chi connectivity index (χ0n) is 12.0. The Bertz CT molecular complexity index is 592. The quantitative estimate of drug-likeness (QED) is 0.943. The maximum absolute atomic E-state index is 12.6. The lowest BCUT2D eigenvalue weighted by Crippen LogP contribution is -2.42. The van der Waals surface area contributed by atoms with Crippen molar-refractivity contribution in [3.05, 3.63) is 29.5 Å². The van der Waals surface area contributed by atoms with Crippen molar-refractivity contribution in [3.63, 3.8) is 0 Å². The Morgan fingerprint density at radius 1 is 1.62 bits per heavy atom. The first-order valence-electron chi connectivity index (χ1n) is 7.21. The predicted molar refractivity (Wildman–Crippen MR) is 82.4 cm³/mol. The molecule has 1 N–H and O–H groups in total. The third-order valence-corrected chi connectivity index (χ3v) is 4.75. The molecule has 0 spiro atoms. The molecule has 5 nitrogen and oxygen atoms in total. The number of piperidine rings is 1. The van der Waals surface area contributed by atoms with E-state index in [9.17, 15) is 4.79 Å². The topological polar surface area (TPSA) is 58.4 Å². The van der Waals surface area contributed by atoms with Gasteiger partial charge < -0.3 is 14.6 Å². The summed E-state index contributed by atoms with van der Waals surface area (Å²) in [7, 11) is 1.96. The Balaban J connectivity index is 1.70. The molecule has 0 bridgehead atoms. The maximum atomic E-state index is 12.6. The van der Waals surface area contributed by atoms with Crippen molar-refractivity contribution in [3.8, 4) is 10.8 Å². The van der Waals surface area contributed by atoms with Crippen molar-refractivity contribution < 1.29 is 9.21 Å². The van der Waals surface area contributed by atoms with Crippen LogP contribution in [0.1, 0.15) is 22.5 Å². The van der Waals surface area contributed by atoms with Crippen LogP contribution in [-0.4, -0.2) is 42.5 Å². The number of furan rings is 1. The van der Waals surface area contributed by atoms with Crippen molar-refractivity contribution in [2.45, 2.75) is 12.8 Å². The fraction of sp³-hybridized carbons (Fsp3) is 0.467. The highest BCUT2D eigenvalue weighted by molar-refractivity contribution is 7.16. The second-order valence-electron chi connectivity index (χ2n) is 5.32. The Kier molecular flexibility index (Phi) is 4.36. The van der Waals surface area contributed by atoms with Crippen molar-refractivity contribution in [1.82, 2.24) is 15.2 Å². The predicted octanol–water partition coefficient (Wildman–Crippen LogP) is 2.47. The molecule has 112 valence electrons. The first-order valence-corrected chi connectivity index (χ1v) is 8.03. The number of hydrogen-bond acceptors (Lipinski definition) is 5. The number of likely N-dealkylation sites (tertiary alicyclic amines) is 1. The molecule has 1 aliphatic heterocycles. The fourth-order valence-electron chi connectivity index (χ4n) is 2.75. The highest BCUT2D eigenvalue weighted by atomic mass is 32.1. The summed E-state index contributed by atoms with van der Waals surface area (Å²) in [6, 6.07) is 3.68. The molecule has 0 radical (unpaired) electrons.